The summed E-state index contributed by atoms with van der Waals surface area (Å²) in [5.74, 6) is -1.30. The molecule has 322 valence electrons. The van der Waals surface area contributed by atoms with Crippen molar-refractivity contribution in [2.24, 2.45) is 5.92 Å². The van der Waals surface area contributed by atoms with Gasteiger partial charge in [0.1, 0.15) is 11.9 Å². The summed E-state index contributed by atoms with van der Waals surface area (Å²) in [5.41, 5.74) is 5.65. The number of hydrogen-bond acceptors (Lipinski definition) is 10. The van der Waals surface area contributed by atoms with Crippen LogP contribution in [-0.4, -0.2) is 146 Å². The average molecular weight is 833 g/mol. The smallest absolute Gasteiger partial charge is 0.262 e. The normalized spacial score (nSPS) is 25.1. The Hall–Kier alpha value is -5.18. The highest BCUT2D eigenvalue weighted by Gasteiger charge is 2.45. The number of likely N-dealkylation sites (N-methyl/N-ethyl adjacent to an activating group) is 1. The molecule has 9 rings (SSSR count). The van der Waals surface area contributed by atoms with Gasteiger partial charge in [0, 0.05) is 93.7 Å². The van der Waals surface area contributed by atoms with Crippen LogP contribution in [0.1, 0.15) is 87.9 Å². The number of amides is 5. The molecule has 6 aliphatic rings. The van der Waals surface area contributed by atoms with E-state index >= 15 is 0 Å². The molecule has 61 heavy (non-hydrogen) atoms. The van der Waals surface area contributed by atoms with Crippen molar-refractivity contribution < 1.29 is 28.4 Å². The Bertz CT molecular complexity index is 2180. The first-order valence-corrected chi connectivity index (χ1v) is 22.1. The Morgan fingerprint density at radius 2 is 1.56 bits per heavy atom. The minimum Gasteiger partial charge on any atom is -0.376 e. The van der Waals surface area contributed by atoms with E-state index in [1.54, 1.807) is 24.3 Å². The molecule has 0 saturated carbocycles. The van der Waals surface area contributed by atoms with Crippen molar-refractivity contribution in [2.45, 2.75) is 69.0 Å². The topological polar surface area (TPSA) is 129 Å². The standard InChI is InChI=1S/C47H57FN8O5/c1-51(2)41-29-55(39-13-8-32-4-3-5-38(48)44(32)39)28-37(41)31-6-10-34(11-7-31)53-24-22-52(23-25-53)19-16-30-17-20-54(21-18-30)43(58)27-49-33-9-12-35-36(26-33)47(61)56(46(35)60)40-14-15-42(57)50-45(40)59/h3-7,9-12,26,30,37,39-41,49H,8,13-25,27-29H2,1-2H3,(H,50,57,59)/t37-,39?,40?,41+/m1/s1. The third-order valence-corrected chi connectivity index (χ3v) is 14.3. The fourth-order valence-electron chi connectivity index (χ4n) is 10.8. The van der Waals surface area contributed by atoms with Crippen LogP contribution in [0.3, 0.4) is 0 Å². The summed E-state index contributed by atoms with van der Waals surface area (Å²) in [5, 5.41) is 5.33. The lowest BCUT2D eigenvalue weighted by atomic mass is 9.93. The molecular weight excluding hydrogens is 776 g/mol. The van der Waals surface area contributed by atoms with Crippen LogP contribution < -0.4 is 15.5 Å². The van der Waals surface area contributed by atoms with E-state index in [4.69, 9.17) is 0 Å². The number of nitrogens with zero attached hydrogens (tertiary/aromatic N) is 6. The average Bonchev–Trinajstić information content (AvgIpc) is 3.98. The molecule has 4 atom stereocenters. The van der Waals surface area contributed by atoms with Crippen molar-refractivity contribution in [3.8, 4) is 0 Å². The predicted molar refractivity (Wildman–Crippen MR) is 230 cm³/mol. The van der Waals surface area contributed by atoms with E-state index in [2.05, 4.69) is 74.7 Å². The summed E-state index contributed by atoms with van der Waals surface area (Å²) in [6, 6.07) is 19.1. The molecule has 14 heteroatoms. The molecular formula is C47H57FN8O5. The summed E-state index contributed by atoms with van der Waals surface area (Å²) in [6.07, 6.45) is 5.17. The quantitative estimate of drug-likeness (QED) is 0.273. The second-order valence-corrected chi connectivity index (χ2v) is 18.1. The second kappa shape index (κ2) is 17.3. The Morgan fingerprint density at radius 1 is 0.820 bits per heavy atom. The zero-order valence-electron chi connectivity index (χ0n) is 35.3. The lowest BCUT2D eigenvalue weighted by molar-refractivity contribution is -0.136. The summed E-state index contributed by atoms with van der Waals surface area (Å²) < 4.78 is 15.0. The van der Waals surface area contributed by atoms with Gasteiger partial charge in [-0.3, -0.25) is 44.0 Å². The first kappa shape index (κ1) is 41.2. The first-order chi connectivity index (χ1) is 29.5. The number of carbonyl (C=O) groups excluding carboxylic acids is 5. The molecule has 5 amide bonds. The molecule has 5 heterocycles. The Morgan fingerprint density at radius 3 is 2.30 bits per heavy atom. The molecule has 4 saturated heterocycles. The zero-order chi connectivity index (χ0) is 42.4. The van der Waals surface area contributed by atoms with Crippen molar-refractivity contribution in [1.82, 2.24) is 29.8 Å². The number of hydrogen-bond donors (Lipinski definition) is 2. The number of likely N-dealkylation sites (tertiary alicyclic amines) is 2. The number of rotatable bonds is 11. The van der Waals surface area contributed by atoms with E-state index < -0.39 is 29.7 Å². The highest BCUT2D eigenvalue weighted by atomic mass is 19.1. The van der Waals surface area contributed by atoms with E-state index in [0.29, 0.717) is 36.7 Å². The van der Waals surface area contributed by atoms with E-state index in [1.165, 1.54) is 16.8 Å². The Kier molecular flexibility index (Phi) is 11.7. The number of piperidine rings is 2. The van der Waals surface area contributed by atoms with Gasteiger partial charge in [0.15, 0.2) is 0 Å². The maximum absolute atomic E-state index is 15.0. The van der Waals surface area contributed by atoms with Crippen LogP contribution >= 0.6 is 0 Å². The summed E-state index contributed by atoms with van der Waals surface area (Å²) in [7, 11) is 4.34. The van der Waals surface area contributed by atoms with Gasteiger partial charge in [0.25, 0.3) is 11.8 Å². The molecule has 5 aliphatic heterocycles. The molecule has 4 fully saturated rings. The van der Waals surface area contributed by atoms with Crippen molar-refractivity contribution in [1.29, 1.82) is 0 Å². The van der Waals surface area contributed by atoms with Gasteiger partial charge in [0.2, 0.25) is 17.7 Å². The number of nitrogens with one attached hydrogen (secondary N) is 2. The highest BCUT2D eigenvalue weighted by Crippen LogP contribution is 2.43. The maximum atomic E-state index is 15.0. The number of benzene rings is 3. The van der Waals surface area contributed by atoms with Gasteiger partial charge < -0.3 is 20.0 Å². The molecule has 0 aromatic heterocycles. The third-order valence-electron chi connectivity index (χ3n) is 14.3. The van der Waals surface area contributed by atoms with Crippen molar-refractivity contribution >= 4 is 40.9 Å². The zero-order valence-corrected chi connectivity index (χ0v) is 35.3. The number of carbonyl (C=O) groups is 5. The molecule has 3 aromatic carbocycles. The van der Waals surface area contributed by atoms with Gasteiger partial charge in [-0.2, -0.15) is 0 Å². The molecule has 1 aliphatic carbocycles. The van der Waals surface area contributed by atoms with Gasteiger partial charge in [-0.05, 0) is 113 Å². The lowest BCUT2D eigenvalue weighted by Crippen LogP contribution is -2.54. The van der Waals surface area contributed by atoms with Crippen LogP contribution in [0.5, 0.6) is 0 Å². The minimum absolute atomic E-state index is 0.00896. The minimum atomic E-state index is -1.02. The Labute approximate surface area is 357 Å². The molecule has 13 nitrogen and oxygen atoms in total. The fourth-order valence-corrected chi connectivity index (χ4v) is 10.8. The van der Waals surface area contributed by atoms with Gasteiger partial charge in [-0.25, -0.2) is 4.39 Å². The third kappa shape index (κ3) is 8.29. The summed E-state index contributed by atoms with van der Waals surface area (Å²) >= 11 is 0. The summed E-state index contributed by atoms with van der Waals surface area (Å²) in [6.45, 7) is 8.50. The van der Waals surface area contributed by atoms with Crippen LogP contribution in [0, 0.1) is 11.7 Å². The summed E-state index contributed by atoms with van der Waals surface area (Å²) in [4.78, 5) is 76.1. The van der Waals surface area contributed by atoms with Gasteiger partial charge in [-0.1, -0.05) is 24.3 Å². The van der Waals surface area contributed by atoms with E-state index in [9.17, 15) is 28.4 Å². The molecule has 2 N–H and O–H groups in total. The second-order valence-electron chi connectivity index (χ2n) is 18.1. The molecule has 0 bridgehead atoms. The SMILES string of the molecule is CN(C)[C@H]1CN(C2CCc3cccc(F)c32)C[C@@H]1c1ccc(N2CCN(CCC3CCN(C(=O)CNc4ccc5c(c4)C(=O)N(C4CCC(=O)NC4=O)C5=O)CC3)CC2)cc1. The van der Waals surface area contributed by atoms with Crippen LogP contribution in [0.15, 0.2) is 60.7 Å². The number of imide groups is 2. The largest absolute Gasteiger partial charge is 0.376 e. The molecule has 0 spiro atoms. The number of halogens is 1. The Balaban J connectivity index is 0.697. The number of aryl methyl sites for hydroxylation is 1. The van der Waals surface area contributed by atoms with Crippen LogP contribution in [0.25, 0.3) is 0 Å². The lowest BCUT2D eigenvalue weighted by Gasteiger charge is -2.38. The van der Waals surface area contributed by atoms with Crippen LogP contribution in [0.2, 0.25) is 0 Å². The predicted octanol–water partition coefficient (Wildman–Crippen LogP) is 4.11. The number of fused-ring (bicyclic) bond motifs is 2. The van der Waals surface area contributed by atoms with E-state index in [-0.39, 0.29) is 48.3 Å². The number of piperazine rings is 1. The molecule has 2 unspecified atom stereocenters. The van der Waals surface area contributed by atoms with E-state index in [0.717, 1.165) is 88.4 Å². The van der Waals surface area contributed by atoms with Crippen LogP contribution in [0.4, 0.5) is 15.8 Å². The van der Waals surface area contributed by atoms with Crippen molar-refractivity contribution in [2.75, 3.05) is 89.8 Å². The maximum Gasteiger partial charge on any atom is 0.262 e. The monoisotopic (exact) mass is 832 g/mol. The van der Waals surface area contributed by atoms with Crippen molar-refractivity contribution in [3.63, 3.8) is 0 Å². The molecule has 3 aromatic rings. The van der Waals surface area contributed by atoms with Gasteiger partial charge in [-0.15, -0.1) is 0 Å². The highest BCUT2D eigenvalue weighted by molar-refractivity contribution is 6.23. The molecule has 0 radical (unpaired) electrons. The first-order valence-electron chi connectivity index (χ1n) is 22.1. The van der Waals surface area contributed by atoms with E-state index in [1.807, 2.05) is 11.0 Å². The fraction of sp³-hybridized carbons (Fsp3) is 0.511. The van der Waals surface area contributed by atoms with Gasteiger partial charge in [0.05, 0.1) is 17.7 Å². The van der Waals surface area contributed by atoms with Gasteiger partial charge >= 0.3 is 0 Å². The number of anilines is 2. The van der Waals surface area contributed by atoms with Crippen molar-refractivity contribution in [3.05, 3.63) is 94.3 Å². The van der Waals surface area contributed by atoms with Crippen LogP contribution in [-0.2, 0) is 20.8 Å².